The van der Waals surface area contributed by atoms with Gasteiger partial charge in [-0.25, -0.2) is 9.13 Å². The van der Waals surface area contributed by atoms with Gasteiger partial charge in [0.15, 0.2) is 6.54 Å². The molecule has 0 saturated carbocycles. The van der Waals surface area contributed by atoms with Gasteiger partial charge in [0.2, 0.25) is 5.78 Å². The summed E-state index contributed by atoms with van der Waals surface area (Å²) in [5.74, 6) is 2.12. The zero-order chi connectivity index (χ0) is 21.9. The van der Waals surface area contributed by atoms with Crippen LogP contribution in [0.1, 0.15) is 28.7 Å². The van der Waals surface area contributed by atoms with Crippen molar-refractivity contribution >= 4 is 16.8 Å². The Morgan fingerprint density at radius 2 is 1.58 bits per heavy atom. The Hall–Kier alpha value is -3.44. The molecule has 0 N–H and O–H groups in total. The molecule has 0 aliphatic rings. The van der Waals surface area contributed by atoms with Crippen LogP contribution in [-0.2, 0) is 19.5 Å². The highest BCUT2D eigenvalue weighted by molar-refractivity contribution is 5.95. The normalized spacial score (nSPS) is 10.8. The van der Waals surface area contributed by atoms with Crippen LogP contribution in [0, 0.1) is 0 Å². The number of furan rings is 1. The first kappa shape index (κ1) is 22.7. The van der Waals surface area contributed by atoms with Crippen LogP contribution >= 0.6 is 0 Å². The number of Topliss-reactive ketones (excluding diaryl/α,β-unsaturated/α-hetero) is 1. The topological polar surface area (TPSA) is 39.0 Å². The largest absolute Gasteiger partial charge is 1.00 e. The summed E-state index contributed by atoms with van der Waals surface area (Å²) < 4.78 is 10.6. The van der Waals surface area contributed by atoms with Gasteiger partial charge in [0.1, 0.15) is 30.3 Å². The minimum atomic E-state index is 0. The number of hydrogen-bond donors (Lipinski definition) is 0. The zero-order valence-corrected chi connectivity index (χ0v) is 20.0. The summed E-state index contributed by atoms with van der Waals surface area (Å²) in [6.45, 7) is 3.13. The van der Waals surface area contributed by atoms with Crippen molar-refractivity contribution in [2.24, 2.45) is 0 Å². The summed E-state index contributed by atoms with van der Waals surface area (Å²) in [7, 11) is 0. The molecule has 33 heavy (non-hydrogen) atoms. The standard InChI is InChI=1S/C28H25N2O2.BrH/c1-2-27-29(17-18-30(27)20-25(31)21-11-5-3-6-12-21)19-24-23-15-9-10-16-26(23)32-28(24)22-13-7-4-8-14-22;/h3-18H,2,19-20H2,1H3;1H/q+1;/p-1. The number of nitrogens with zero attached hydrogens (tertiary/aromatic N) is 2. The molecule has 166 valence electrons. The van der Waals surface area contributed by atoms with Gasteiger partial charge in [0, 0.05) is 28.5 Å². The Kier molecular flexibility index (Phi) is 6.90. The summed E-state index contributed by atoms with van der Waals surface area (Å²) in [5.41, 5.74) is 3.84. The average molecular weight is 501 g/mol. The second kappa shape index (κ2) is 10.0. The molecule has 2 aromatic heterocycles. The van der Waals surface area contributed by atoms with Crippen LogP contribution in [0.4, 0.5) is 0 Å². The van der Waals surface area contributed by atoms with Gasteiger partial charge in [-0.1, -0.05) is 85.8 Å². The quantitative estimate of drug-likeness (QED) is 0.254. The Morgan fingerprint density at radius 3 is 2.30 bits per heavy atom. The number of halogens is 1. The van der Waals surface area contributed by atoms with Crippen molar-refractivity contribution in [2.75, 3.05) is 0 Å². The molecule has 0 amide bonds. The van der Waals surface area contributed by atoms with Crippen molar-refractivity contribution in [3.63, 3.8) is 0 Å². The highest BCUT2D eigenvalue weighted by Gasteiger charge is 2.23. The molecule has 0 saturated heterocycles. The van der Waals surface area contributed by atoms with Crippen LogP contribution in [-0.4, -0.2) is 10.4 Å². The Bertz CT molecular complexity index is 1370. The molecule has 2 heterocycles. The van der Waals surface area contributed by atoms with E-state index in [0.717, 1.165) is 45.7 Å². The molecule has 0 radical (unpaired) electrons. The van der Waals surface area contributed by atoms with Gasteiger partial charge in [0.05, 0.1) is 0 Å². The maximum atomic E-state index is 12.8. The van der Waals surface area contributed by atoms with Crippen LogP contribution in [0.5, 0.6) is 0 Å². The van der Waals surface area contributed by atoms with E-state index in [1.807, 2.05) is 72.9 Å². The highest BCUT2D eigenvalue weighted by atomic mass is 79.9. The van der Waals surface area contributed by atoms with E-state index in [1.54, 1.807) is 0 Å². The van der Waals surface area contributed by atoms with Crippen LogP contribution in [0.25, 0.3) is 22.3 Å². The third kappa shape index (κ3) is 4.55. The molecule has 5 aromatic rings. The number of carbonyl (C=O) groups excluding carboxylic acids is 1. The molecule has 4 nitrogen and oxygen atoms in total. The molecule has 0 aliphatic carbocycles. The van der Waals surface area contributed by atoms with Gasteiger partial charge in [0.25, 0.3) is 5.82 Å². The van der Waals surface area contributed by atoms with Gasteiger partial charge < -0.3 is 21.4 Å². The predicted molar refractivity (Wildman–Crippen MR) is 126 cm³/mol. The molecule has 5 heteroatoms. The molecular formula is C28H25BrN2O2. The number of fused-ring (bicyclic) bond motifs is 1. The number of hydrogen-bond acceptors (Lipinski definition) is 2. The lowest BCUT2D eigenvalue weighted by Crippen LogP contribution is -3.00. The number of ketones is 1. The highest BCUT2D eigenvalue weighted by Crippen LogP contribution is 2.33. The van der Waals surface area contributed by atoms with Crippen LogP contribution in [0.3, 0.4) is 0 Å². The van der Waals surface area contributed by atoms with Crippen LogP contribution in [0.2, 0.25) is 0 Å². The summed E-state index contributed by atoms with van der Waals surface area (Å²) in [5, 5.41) is 1.12. The van der Waals surface area contributed by atoms with E-state index in [-0.39, 0.29) is 22.8 Å². The van der Waals surface area contributed by atoms with E-state index in [4.69, 9.17) is 4.42 Å². The summed E-state index contributed by atoms with van der Waals surface area (Å²) >= 11 is 0. The van der Waals surface area contributed by atoms with Crippen molar-refractivity contribution in [3.8, 4) is 11.3 Å². The summed E-state index contributed by atoms with van der Waals surface area (Å²) in [4.78, 5) is 12.8. The number of aromatic nitrogens is 2. The van der Waals surface area contributed by atoms with Crippen molar-refractivity contribution in [1.82, 2.24) is 4.57 Å². The van der Waals surface area contributed by atoms with Crippen molar-refractivity contribution in [3.05, 3.63) is 114 Å². The molecule has 0 aliphatic heterocycles. The first-order chi connectivity index (χ1) is 15.7. The fraction of sp³-hybridized carbons (Fsp3) is 0.143. The number of imidazole rings is 1. The zero-order valence-electron chi connectivity index (χ0n) is 18.4. The summed E-state index contributed by atoms with van der Waals surface area (Å²) in [6.07, 6.45) is 4.89. The maximum absolute atomic E-state index is 12.8. The van der Waals surface area contributed by atoms with Gasteiger partial charge in [-0.05, 0) is 6.07 Å². The minimum Gasteiger partial charge on any atom is -1.00 e. The Balaban J connectivity index is 0.00000259. The van der Waals surface area contributed by atoms with Crippen molar-refractivity contribution in [2.45, 2.75) is 26.4 Å². The van der Waals surface area contributed by atoms with Crippen molar-refractivity contribution < 1.29 is 30.8 Å². The third-order valence-electron chi connectivity index (χ3n) is 5.88. The lowest BCUT2D eigenvalue weighted by atomic mass is 10.1. The molecule has 0 atom stereocenters. The van der Waals surface area contributed by atoms with E-state index in [1.165, 1.54) is 0 Å². The molecule has 0 fully saturated rings. The van der Waals surface area contributed by atoms with Crippen molar-refractivity contribution in [1.29, 1.82) is 0 Å². The first-order valence-electron chi connectivity index (χ1n) is 11.0. The van der Waals surface area contributed by atoms with E-state index in [9.17, 15) is 4.79 Å². The predicted octanol–water partition coefficient (Wildman–Crippen LogP) is 2.69. The van der Waals surface area contributed by atoms with Gasteiger partial charge >= 0.3 is 0 Å². The first-order valence-corrected chi connectivity index (χ1v) is 11.0. The van der Waals surface area contributed by atoms with Crippen LogP contribution < -0.4 is 21.5 Å². The fourth-order valence-electron chi connectivity index (χ4n) is 4.31. The molecule has 5 rings (SSSR count). The Labute approximate surface area is 203 Å². The fourth-order valence-corrected chi connectivity index (χ4v) is 4.31. The molecule has 3 aromatic carbocycles. The Morgan fingerprint density at radius 1 is 0.909 bits per heavy atom. The van der Waals surface area contributed by atoms with E-state index in [2.05, 4.69) is 40.5 Å². The molecule has 0 spiro atoms. The maximum Gasteiger partial charge on any atom is 0.256 e. The van der Waals surface area contributed by atoms with E-state index >= 15 is 0 Å². The number of benzene rings is 3. The molecular weight excluding hydrogens is 476 g/mol. The number of carbonyl (C=O) groups is 1. The number of para-hydroxylation sites is 1. The van der Waals surface area contributed by atoms with E-state index < -0.39 is 0 Å². The second-order valence-corrected chi connectivity index (χ2v) is 7.88. The lowest BCUT2D eigenvalue weighted by Gasteiger charge is -2.05. The molecule has 0 bridgehead atoms. The lowest BCUT2D eigenvalue weighted by molar-refractivity contribution is -0.695. The monoisotopic (exact) mass is 500 g/mol. The smallest absolute Gasteiger partial charge is 0.256 e. The minimum absolute atomic E-state index is 0. The number of rotatable bonds is 7. The second-order valence-electron chi connectivity index (χ2n) is 7.88. The third-order valence-corrected chi connectivity index (χ3v) is 5.88. The molecule has 0 unspecified atom stereocenters. The SMILES string of the molecule is CCc1n(CC(=O)c2ccccc2)cc[n+]1Cc1c(-c2ccccc2)oc2ccccc12.[Br-]. The van der Waals surface area contributed by atoms with Gasteiger partial charge in [-0.2, -0.15) is 0 Å². The average Bonchev–Trinajstić information content (AvgIpc) is 3.41. The van der Waals surface area contributed by atoms with Gasteiger partial charge in [-0.3, -0.25) is 4.79 Å². The summed E-state index contributed by atoms with van der Waals surface area (Å²) in [6, 6.07) is 27.9. The van der Waals surface area contributed by atoms with Gasteiger partial charge in [-0.15, -0.1) is 0 Å². The van der Waals surface area contributed by atoms with E-state index in [0.29, 0.717) is 13.1 Å². The van der Waals surface area contributed by atoms with Crippen LogP contribution in [0.15, 0.2) is 102 Å².